The van der Waals surface area contributed by atoms with Gasteiger partial charge in [-0.3, -0.25) is 10.2 Å². The molecule has 11 heavy (non-hydrogen) atoms. The molecule has 1 unspecified atom stereocenters. The summed E-state index contributed by atoms with van der Waals surface area (Å²) >= 11 is 0. The Morgan fingerprint density at radius 1 is 1.73 bits per heavy atom. The van der Waals surface area contributed by atoms with Crippen molar-refractivity contribution in [1.82, 2.24) is 5.48 Å². The van der Waals surface area contributed by atoms with E-state index in [1.54, 1.807) is 5.48 Å². The Morgan fingerprint density at radius 2 is 2.36 bits per heavy atom. The van der Waals surface area contributed by atoms with Gasteiger partial charge in [0, 0.05) is 12.6 Å². The lowest BCUT2D eigenvalue weighted by Gasteiger charge is -2.01. The molecule has 66 valence electrons. The standard InChI is InChI=1S/C6H16N4O/c1-5(7)3-2-4-9-6(8)10-11/h5,11H,2-4,7H2,1H3,(H3,8,9,10). The molecular formula is C6H16N4O. The molecule has 0 fully saturated rings. The van der Waals surface area contributed by atoms with Crippen molar-refractivity contribution in [2.24, 2.45) is 16.5 Å². The van der Waals surface area contributed by atoms with Gasteiger partial charge in [-0.1, -0.05) is 0 Å². The fourth-order valence-electron chi connectivity index (χ4n) is 0.648. The molecule has 1 atom stereocenters. The van der Waals surface area contributed by atoms with Crippen LogP contribution in [0.5, 0.6) is 0 Å². The lowest BCUT2D eigenvalue weighted by atomic mass is 10.2. The van der Waals surface area contributed by atoms with Gasteiger partial charge in [0.15, 0.2) is 0 Å². The van der Waals surface area contributed by atoms with Crippen LogP contribution >= 0.6 is 0 Å². The van der Waals surface area contributed by atoms with E-state index < -0.39 is 0 Å². The summed E-state index contributed by atoms with van der Waals surface area (Å²) in [6.07, 6.45) is 1.81. The second-order valence-corrected chi connectivity index (χ2v) is 2.50. The summed E-state index contributed by atoms with van der Waals surface area (Å²) in [6, 6.07) is 0.202. The van der Waals surface area contributed by atoms with E-state index in [-0.39, 0.29) is 12.0 Å². The normalized spacial score (nSPS) is 14.6. The van der Waals surface area contributed by atoms with E-state index in [1.165, 1.54) is 0 Å². The molecule has 0 spiro atoms. The molecule has 0 rings (SSSR count). The minimum atomic E-state index is 0.0506. The molecule has 6 N–H and O–H groups in total. The maximum absolute atomic E-state index is 8.21. The molecule has 0 amide bonds. The van der Waals surface area contributed by atoms with Gasteiger partial charge < -0.3 is 11.5 Å². The number of hydroxylamine groups is 1. The number of hydrogen-bond acceptors (Lipinski definition) is 3. The summed E-state index contributed by atoms with van der Waals surface area (Å²) < 4.78 is 0. The Morgan fingerprint density at radius 3 is 2.82 bits per heavy atom. The summed E-state index contributed by atoms with van der Waals surface area (Å²) in [4.78, 5) is 3.79. The Bertz CT molecular complexity index is 124. The maximum atomic E-state index is 8.21. The van der Waals surface area contributed by atoms with Gasteiger partial charge in [-0.25, -0.2) is 5.48 Å². The van der Waals surface area contributed by atoms with Crippen molar-refractivity contribution >= 4 is 5.96 Å². The number of nitrogens with zero attached hydrogens (tertiary/aromatic N) is 1. The summed E-state index contributed by atoms with van der Waals surface area (Å²) in [5.41, 5.74) is 12.4. The van der Waals surface area contributed by atoms with Gasteiger partial charge in [0.1, 0.15) is 0 Å². The number of aliphatic imine (C=N–C) groups is 1. The average molecular weight is 160 g/mol. The maximum Gasteiger partial charge on any atom is 0.212 e. The highest BCUT2D eigenvalue weighted by molar-refractivity contribution is 5.76. The van der Waals surface area contributed by atoms with E-state index >= 15 is 0 Å². The van der Waals surface area contributed by atoms with E-state index in [1.807, 2.05) is 6.92 Å². The van der Waals surface area contributed by atoms with Crippen molar-refractivity contribution in [3.8, 4) is 0 Å². The van der Waals surface area contributed by atoms with Crippen molar-refractivity contribution in [2.45, 2.75) is 25.8 Å². The molecule has 0 bridgehead atoms. The van der Waals surface area contributed by atoms with Gasteiger partial charge in [0.25, 0.3) is 0 Å². The van der Waals surface area contributed by atoms with Gasteiger partial charge in [0.2, 0.25) is 5.96 Å². The molecular weight excluding hydrogens is 144 g/mol. The van der Waals surface area contributed by atoms with Gasteiger partial charge in [-0.2, -0.15) is 0 Å². The van der Waals surface area contributed by atoms with Gasteiger partial charge in [0.05, 0.1) is 0 Å². The largest absolute Gasteiger partial charge is 0.368 e. The zero-order valence-corrected chi connectivity index (χ0v) is 6.75. The van der Waals surface area contributed by atoms with Crippen LogP contribution in [0.15, 0.2) is 4.99 Å². The number of guanidine groups is 1. The van der Waals surface area contributed by atoms with Crippen molar-refractivity contribution in [3.05, 3.63) is 0 Å². The minimum Gasteiger partial charge on any atom is -0.368 e. The van der Waals surface area contributed by atoms with E-state index in [4.69, 9.17) is 16.7 Å². The van der Waals surface area contributed by atoms with Crippen LogP contribution in [-0.2, 0) is 0 Å². The zero-order valence-electron chi connectivity index (χ0n) is 6.75. The molecule has 0 radical (unpaired) electrons. The lowest BCUT2D eigenvalue weighted by molar-refractivity contribution is 0.232. The van der Waals surface area contributed by atoms with Crippen LogP contribution in [0.3, 0.4) is 0 Å². The van der Waals surface area contributed by atoms with Crippen LogP contribution in [0, 0.1) is 0 Å². The van der Waals surface area contributed by atoms with E-state index in [0.29, 0.717) is 6.54 Å². The number of nitrogens with two attached hydrogens (primary N) is 2. The summed E-state index contributed by atoms with van der Waals surface area (Å²) in [5, 5.41) is 8.21. The monoisotopic (exact) mass is 160 g/mol. The van der Waals surface area contributed by atoms with Crippen molar-refractivity contribution in [3.63, 3.8) is 0 Å². The second kappa shape index (κ2) is 5.94. The first-order chi connectivity index (χ1) is 5.16. The average Bonchev–Trinajstić information content (AvgIpc) is 1.97. The Labute approximate surface area is 66.4 Å². The highest BCUT2D eigenvalue weighted by Gasteiger charge is 1.92. The molecule has 0 heterocycles. The summed E-state index contributed by atoms with van der Waals surface area (Å²) in [5.74, 6) is 0.0506. The van der Waals surface area contributed by atoms with Gasteiger partial charge in [-0.15, -0.1) is 0 Å². The third-order valence-corrected chi connectivity index (χ3v) is 1.21. The Balaban J connectivity index is 3.26. The number of nitrogens with one attached hydrogen (secondary N) is 1. The highest BCUT2D eigenvalue weighted by atomic mass is 16.5. The molecule has 0 aliphatic carbocycles. The van der Waals surface area contributed by atoms with E-state index in [0.717, 1.165) is 12.8 Å². The molecule has 0 saturated carbocycles. The summed E-state index contributed by atoms with van der Waals surface area (Å²) in [6.45, 7) is 2.54. The van der Waals surface area contributed by atoms with Crippen LogP contribution in [0.25, 0.3) is 0 Å². The molecule has 5 nitrogen and oxygen atoms in total. The Kier molecular flexibility index (Phi) is 5.50. The zero-order chi connectivity index (χ0) is 8.69. The minimum absolute atomic E-state index is 0.0506. The Hall–Kier alpha value is -0.810. The van der Waals surface area contributed by atoms with Crippen molar-refractivity contribution in [1.29, 1.82) is 0 Å². The highest BCUT2D eigenvalue weighted by Crippen LogP contribution is 1.92. The first kappa shape index (κ1) is 10.2. The predicted octanol–water partition coefficient (Wildman–Crippen LogP) is -0.593. The third-order valence-electron chi connectivity index (χ3n) is 1.21. The quantitative estimate of drug-likeness (QED) is 0.191. The third kappa shape index (κ3) is 7.08. The molecule has 0 aromatic rings. The molecule has 0 aliphatic rings. The second-order valence-electron chi connectivity index (χ2n) is 2.50. The fraction of sp³-hybridized carbons (Fsp3) is 0.833. The van der Waals surface area contributed by atoms with Crippen LogP contribution in [-0.4, -0.2) is 23.8 Å². The first-order valence-corrected chi connectivity index (χ1v) is 3.62. The van der Waals surface area contributed by atoms with Gasteiger partial charge in [-0.05, 0) is 19.8 Å². The molecule has 0 aliphatic heterocycles. The fourth-order valence-corrected chi connectivity index (χ4v) is 0.648. The molecule has 0 saturated heterocycles. The number of rotatable bonds is 4. The van der Waals surface area contributed by atoms with Crippen LogP contribution in [0.1, 0.15) is 19.8 Å². The van der Waals surface area contributed by atoms with Crippen LogP contribution in [0.2, 0.25) is 0 Å². The lowest BCUT2D eigenvalue weighted by Crippen LogP contribution is -2.28. The molecule has 0 aromatic heterocycles. The smallest absolute Gasteiger partial charge is 0.212 e. The van der Waals surface area contributed by atoms with E-state index in [9.17, 15) is 0 Å². The first-order valence-electron chi connectivity index (χ1n) is 3.62. The molecule has 0 aromatic carbocycles. The van der Waals surface area contributed by atoms with Gasteiger partial charge >= 0.3 is 0 Å². The SMILES string of the molecule is CC(N)CCCN=C(N)NO. The summed E-state index contributed by atoms with van der Waals surface area (Å²) in [7, 11) is 0. The van der Waals surface area contributed by atoms with Crippen LogP contribution in [0.4, 0.5) is 0 Å². The molecule has 5 heteroatoms. The predicted molar refractivity (Wildman–Crippen MR) is 44.3 cm³/mol. The van der Waals surface area contributed by atoms with Crippen molar-refractivity contribution < 1.29 is 5.21 Å². The van der Waals surface area contributed by atoms with Crippen molar-refractivity contribution in [2.75, 3.05) is 6.54 Å². The topological polar surface area (TPSA) is 96.7 Å². The van der Waals surface area contributed by atoms with Crippen LogP contribution < -0.4 is 16.9 Å². The number of hydrogen-bond donors (Lipinski definition) is 4. The van der Waals surface area contributed by atoms with E-state index in [2.05, 4.69) is 4.99 Å².